The molecule has 1 fully saturated rings. The fourth-order valence-corrected chi connectivity index (χ4v) is 3.61. The number of nitrogens with zero attached hydrogens (tertiary/aromatic N) is 3. The Morgan fingerprint density at radius 3 is 2.60 bits per heavy atom. The number of carbonyl (C=O) groups excluding carboxylic acids is 2. The number of anilines is 2. The summed E-state index contributed by atoms with van der Waals surface area (Å²) in [6.45, 7) is 2.95. The van der Waals surface area contributed by atoms with Crippen molar-refractivity contribution in [3.8, 4) is 0 Å². The Labute approximate surface area is 146 Å². The molecule has 2 aromatic rings. The van der Waals surface area contributed by atoms with Crippen LogP contribution in [-0.4, -0.2) is 45.1 Å². The number of nitrogens with one attached hydrogen (secondary N) is 2. The van der Waals surface area contributed by atoms with Crippen molar-refractivity contribution in [2.24, 2.45) is 0 Å². The van der Waals surface area contributed by atoms with Crippen molar-refractivity contribution in [3.05, 3.63) is 42.7 Å². The van der Waals surface area contributed by atoms with E-state index < -0.39 is 5.54 Å². The highest BCUT2D eigenvalue weighted by Gasteiger charge is 2.45. The Hall–Kier alpha value is -2.83. The van der Waals surface area contributed by atoms with Gasteiger partial charge in [0.05, 0.1) is 11.4 Å². The van der Waals surface area contributed by atoms with Crippen LogP contribution in [0.15, 0.2) is 42.7 Å². The highest BCUT2D eigenvalue weighted by atomic mass is 16.2. The summed E-state index contributed by atoms with van der Waals surface area (Å²) in [4.78, 5) is 27.2. The minimum Gasteiger partial charge on any atom is -0.369 e. The molecule has 25 heavy (non-hydrogen) atoms. The van der Waals surface area contributed by atoms with Crippen LogP contribution in [0.5, 0.6) is 0 Å². The molecule has 0 saturated carbocycles. The third-order valence-corrected chi connectivity index (χ3v) is 5.19. The Bertz CT molecular complexity index is 794. The summed E-state index contributed by atoms with van der Waals surface area (Å²) in [6, 6.07) is 9.17. The molecule has 2 N–H and O–H groups in total. The molecule has 1 saturated heterocycles. The Morgan fingerprint density at radius 2 is 1.92 bits per heavy atom. The lowest BCUT2D eigenvalue weighted by atomic mass is 9.84. The summed E-state index contributed by atoms with van der Waals surface area (Å²) < 4.78 is 1.66. The third kappa shape index (κ3) is 2.65. The van der Waals surface area contributed by atoms with E-state index in [0.717, 1.165) is 11.4 Å². The number of para-hydroxylation sites is 2. The molecule has 2 amide bonds. The van der Waals surface area contributed by atoms with Crippen LogP contribution >= 0.6 is 0 Å². The lowest BCUT2D eigenvalue weighted by Crippen LogP contribution is -2.59. The van der Waals surface area contributed by atoms with E-state index in [4.69, 9.17) is 0 Å². The molecule has 3 heterocycles. The molecule has 1 spiro atoms. The predicted molar refractivity (Wildman–Crippen MR) is 94.2 cm³/mol. The maximum absolute atomic E-state index is 12.7. The molecule has 7 nitrogen and oxygen atoms in total. The Morgan fingerprint density at radius 1 is 1.20 bits per heavy atom. The average Bonchev–Trinajstić information content (AvgIpc) is 3.17. The van der Waals surface area contributed by atoms with Crippen molar-refractivity contribution in [2.75, 3.05) is 23.7 Å². The highest BCUT2D eigenvalue weighted by molar-refractivity contribution is 6.06. The molecule has 2 aliphatic heterocycles. The van der Waals surface area contributed by atoms with Gasteiger partial charge in [0.15, 0.2) is 0 Å². The van der Waals surface area contributed by atoms with Crippen molar-refractivity contribution in [1.29, 1.82) is 0 Å². The van der Waals surface area contributed by atoms with E-state index >= 15 is 0 Å². The monoisotopic (exact) mass is 339 g/mol. The number of piperidine rings is 1. The summed E-state index contributed by atoms with van der Waals surface area (Å²) in [5, 5.41) is 10.5. The summed E-state index contributed by atoms with van der Waals surface area (Å²) in [7, 11) is 0. The van der Waals surface area contributed by atoms with Crippen LogP contribution in [0.1, 0.15) is 25.8 Å². The van der Waals surface area contributed by atoms with E-state index in [1.807, 2.05) is 42.2 Å². The van der Waals surface area contributed by atoms with E-state index in [2.05, 4.69) is 15.7 Å². The number of rotatable bonds is 2. The first-order valence-corrected chi connectivity index (χ1v) is 8.56. The normalized spacial score (nSPS) is 19.7. The van der Waals surface area contributed by atoms with Crippen LogP contribution in [0.4, 0.5) is 11.4 Å². The first-order valence-electron chi connectivity index (χ1n) is 8.56. The minimum atomic E-state index is -0.639. The molecule has 0 radical (unpaired) electrons. The third-order valence-electron chi connectivity index (χ3n) is 5.19. The molecule has 7 heteroatoms. The fourth-order valence-electron chi connectivity index (χ4n) is 3.61. The largest absolute Gasteiger partial charge is 0.369 e. The van der Waals surface area contributed by atoms with Crippen LogP contribution in [0.3, 0.4) is 0 Å². The number of fused-ring (bicyclic) bond motifs is 1. The molecular formula is C18H21N5O2. The molecule has 1 atom stereocenters. The van der Waals surface area contributed by atoms with Gasteiger partial charge in [0.25, 0.3) is 0 Å². The fraction of sp³-hybridized carbons (Fsp3) is 0.389. The number of amides is 2. The van der Waals surface area contributed by atoms with E-state index in [0.29, 0.717) is 25.9 Å². The standard InChI is InChI=1S/C18H21N5O2/c1-13(23-10-4-9-19-23)16(24)22-11-7-18(8-12-22)17(25)20-14-5-2-3-6-15(14)21-18/h2-6,9-10,13,21H,7-8,11-12H2,1H3,(H,20,25). The zero-order chi connectivity index (χ0) is 17.4. The van der Waals surface area contributed by atoms with E-state index in [-0.39, 0.29) is 17.9 Å². The zero-order valence-corrected chi connectivity index (χ0v) is 14.1. The molecular weight excluding hydrogens is 318 g/mol. The molecule has 1 unspecified atom stereocenters. The van der Waals surface area contributed by atoms with Crippen molar-refractivity contribution < 1.29 is 9.59 Å². The minimum absolute atomic E-state index is 0.0153. The number of hydrogen-bond donors (Lipinski definition) is 2. The zero-order valence-electron chi connectivity index (χ0n) is 14.1. The van der Waals surface area contributed by atoms with Gasteiger partial charge < -0.3 is 15.5 Å². The van der Waals surface area contributed by atoms with Gasteiger partial charge >= 0.3 is 0 Å². The summed E-state index contributed by atoms with van der Waals surface area (Å²) in [5.74, 6) is 0.0218. The van der Waals surface area contributed by atoms with Gasteiger partial charge in [-0.3, -0.25) is 14.3 Å². The van der Waals surface area contributed by atoms with Crippen LogP contribution in [0.2, 0.25) is 0 Å². The van der Waals surface area contributed by atoms with Gasteiger partial charge in [0.2, 0.25) is 11.8 Å². The molecule has 130 valence electrons. The van der Waals surface area contributed by atoms with Crippen molar-refractivity contribution in [1.82, 2.24) is 14.7 Å². The quantitative estimate of drug-likeness (QED) is 0.875. The molecule has 1 aromatic heterocycles. The van der Waals surface area contributed by atoms with Crippen LogP contribution in [0, 0.1) is 0 Å². The van der Waals surface area contributed by atoms with E-state index in [9.17, 15) is 9.59 Å². The predicted octanol–water partition coefficient (Wildman–Crippen LogP) is 1.87. The molecule has 0 bridgehead atoms. The molecule has 0 aliphatic carbocycles. The van der Waals surface area contributed by atoms with E-state index in [1.54, 1.807) is 17.1 Å². The second-order valence-electron chi connectivity index (χ2n) is 6.69. The van der Waals surface area contributed by atoms with Crippen molar-refractivity contribution in [2.45, 2.75) is 31.3 Å². The topological polar surface area (TPSA) is 79.3 Å². The summed E-state index contributed by atoms with van der Waals surface area (Å²) in [5.41, 5.74) is 1.11. The Balaban J connectivity index is 1.46. The number of likely N-dealkylation sites (tertiary alicyclic amines) is 1. The van der Waals surface area contributed by atoms with Crippen molar-refractivity contribution in [3.63, 3.8) is 0 Å². The van der Waals surface area contributed by atoms with Gasteiger partial charge in [-0.1, -0.05) is 12.1 Å². The molecule has 1 aromatic carbocycles. The van der Waals surface area contributed by atoms with Crippen LogP contribution in [-0.2, 0) is 9.59 Å². The number of benzene rings is 1. The summed E-state index contributed by atoms with van der Waals surface area (Å²) >= 11 is 0. The SMILES string of the molecule is CC(C(=O)N1CCC2(CC1)Nc1ccccc1NC2=O)n1cccn1. The summed E-state index contributed by atoms with van der Waals surface area (Å²) in [6.07, 6.45) is 4.64. The number of hydrogen-bond acceptors (Lipinski definition) is 4. The molecule has 4 rings (SSSR count). The lowest BCUT2D eigenvalue weighted by molar-refractivity contribution is -0.137. The number of carbonyl (C=O) groups is 2. The lowest BCUT2D eigenvalue weighted by Gasteiger charge is -2.44. The second kappa shape index (κ2) is 5.91. The van der Waals surface area contributed by atoms with E-state index in [1.165, 1.54) is 0 Å². The smallest absolute Gasteiger partial charge is 0.250 e. The number of aromatic nitrogens is 2. The van der Waals surface area contributed by atoms with Crippen LogP contribution < -0.4 is 10.6 Å². The van der Waals surface area contributed by atoms with Gasteiger partial charge in [0, 0.05) is 25.5 Å². The van der Waals surface area contributed by atoms with Gasteiger partial charge in [-0.05, 0) is 38.0 Å². The van der Waals surface area contributed by atoms with Crippen molar-refractivity contribution >= 4 is 23.2 Å². The van der Waals surface area contributed by atoms with Gasteiger partial charge in [-0.15, -0.1) is 0 Å². The van der Waals surface area contributed by atoms with Crippen LogP contribution in [0.25, 0.3) is 0 Å². The van der Waals surface area contributed by atoms with Gasteiger partial charge in [0.1, 0.15) is 11.6 Å². The second-order valence-corrected chi connectivity index (χ2v) is 6.69. The van der Waals surface area contributed by atoms with Gasteiger partial charge in [-0.25, -0.2) is 0 Å². The molecule has 2 aliphatic rings. The first-order chi connectivity index (χ1) is 12.1. The maximum atomic E-state index is 12.7. The average molecular weight is 339 g/mol. The highest BCUT2D eigenvalue weighted by Crippen LogP contribution is 2.36. The Kier molecular flexibility index (Phi) is 3.71. The first kappa shape index (κ1) is 15.7. The van der Waals surface area contributed by atoms with Gasteiger partial charge in [-0.2, -0.15) is 5.10 Å². The maximum Gasteiger partial charge on any atom is 0.250 e.